The average molecular weight is 645 g/mol. The zero-order valence-electron chi connectivity index (χ0n) is 21.4. The molecule has 16 heteroatoms. The number of benzene rings is 2. The molecule has 42 heavy (non-hydrogen) atoms. The Kier molecular flexibility index (Phi) is 9.82. The molecule has 1 atom stereocenters. The molecule has 0 spiro atoms. The molecule has 2 heterocycles. The fourth-order valence-electron chi connectivity index (χ4n) is 4.17. The van der Waals surface area contributed by atoms with Crippen molar-refractivity contribution >= 4 is 97.9 Å². The molecule has 2 aliphatic heterocycles. The Bertz CT molecular complexity index is 1590. The molecule has 2 fully saturated rings. The van der Waals surface area contributed by atoms with Gasteiger partial charge < -0.3 is 5.11 Å². The fraction of sp³-hybridized carbons (Fsp3) is 0.192. The van der Waals surface area contributed by atoms with E-state index in [1.165, 1.54) is 53.5 Å². The van der Waals surface area contributed by atoms with E-state index in [2.05, 4.69) is 0 Å². The van der Waals surface area contributed by atoms with Gasteiger partial charge in [0.1, 0.15) is 14.7 Å². The summed E-state index contributed by atoms with van der Waals surface area (Å²) >= 11 is 12.6. The largest absolute Gasteiger partial charge is 0.480 e. The van der Waals surface area contributed by atoms with Crippen LogP contribution in [0.1, 0.15) is 30.4 Å². The summed E-state index contributed by atoms with van der Waals surface area (Å²) in [6.45, 7) is 0.217. The van der Waals surface area contributed by atoms with Crippen LogP contribution >= 0.6 is 48.0 Å². The van der Waals surface area contributed by atoms with Crippen molar-refractivity contribution < 1.29 is 29.3 Å². The predicted octanol–water partition coefficient (Wildman–Crippen LogP) is 5.23. The topological polar surface area (TPSA) is 164 Å². The van der Waals surface area contributed by atoms with E-state index in [0.29, 0.717) is 33.2 Å². The molecule has 2 aromatic rings. The highest BCUT2D eigenvalue weighted by atomic mass is 32.2. The van der Waals surface area contributed by atoms with Crippen LogP contribution < -0.4 is 0 Å². The second-order valence-electron chi connectivity index (χ2n) is 8.94. The van der Waals surface area contributed by atoms with Crippen molar-refractivity contribution in [3.63, 3.8) is 0 Å². The molecule has 2 saturated heterocycles. The molecule has 2 aromatic carbocycles. The van der Waals surface area contributed by atoms with Crippen molar-refractivity contribution in [2.24, 2.45) is 0 Å². The van der Waals surface area contributed by atoms with E-state index in [0.717, 1.165) is 28.4 Å². The Morgan fingerprint density at radius 1 is 0.881 bits per heavy atom. The number of carbonyl (C=O) groups excluding carboxylic acids is 2. The Hall–Kier alpha value is -3.99. The second-order valence-corrected chi connectivity index (χ2v) is 12.3. The molecular formula is C26H20N4O8S4. The van der Waals surface area contributed by atoms with E-state index in [9.17, 15) is 39.7 Å². The molecular weight excluding hydrogens is 625 g/mol. The monoisotopic (exact) mass is 644 g/mol. The van der Waals surface area contributed by atoms with Crippen LogP contribution in [0.3, 0.4) is 0 Å². The zero-order valence-corrected chi connectivity index (χ0v) is 24.7. The van der Waals surface area contributed by atoms with Gasteiger partial charge in [-0.05, 0) is 42.5 Å². The predicted molar refractivity (Wildman–Crippen MR) is 166 cm³/mol. The van der Waals surface area contributed by atoms with Crippen molar-refractivity contribution in [3.8, 4) is 0 Å². The van der Waals surface area contributed by atoms with E-state index in [1.54, 1.807) is 12.1 Å². The summed E-state index contributed by atoms with van der Waals surface area (Å²) < 4.78 is 0.377. The third kappa shape index (κ3) is 7.07. The van der Waals surface area contributed by atoms with E-state index in [-0.39, 0.29) is 39.5 Å². The maximum atomic E-state index is 13.1. The quantitative estimate of drug-likeness (QED) is 0.112. The van der Waals surface area contributed by atoms with E-state index < -0.39 is 27.8 Å². The number of nitro groups is 2. The van der Waals surface area contributed by atoms with Crippen molar-refractivity contribution in [3.05, 3.63) is 89.7 Å². The van der Waals surface area contributed by atoms with Gasteiger partial charge in [0.2, 0.25) is 0 Å². The molecule has 0 aromatic heterocycles. The molecule has 0 radical (unpaired) electrons. The highest BCUT2D eigenvalue weighted by molar-refractivity contribution is 8.27. The summed E-state index contributed by atoms with van der Waals surface area (Å²) in [4.78, 5) is 62.0. The normalized spacial score (nSPS) is 17.9. The Morgan fingerprint density at radius 3 is 1.93 bits per heavy atom. The molecule has 1 N–H and O–H groups in total. The van der Waals surface area contributed by atoms with Crippen molar-refractivity contribution in [1.82, 2.24) is 9.80 Å². The van der Waals surface area contributed by atoms with Gasteiger partial charge in [0.25, 0.3) is 23.2 Å². The summed E-state index contributed by atoms with van der Waals surface area (Å²) in [5.41, 5.74) is 0.633. The molecule has 4 rings (SSSR count). The molecule has 0 saturated carbocycles. The Labute approximate surface area is 257 Å². The number of carbonyl (C=O) groups is 3. The Balaban J connectivity index is 1.37. The molecule has 2 amide bonds. The summed E-state index contributed by atoms with van der Waals surface area (Å²) in [5, 5.41) is 32.0. The van der Waals surface area contributed by atoms with Gasteiger partial charge in [-0.2, -0.15) is 0 Å². The summed E-state index contributed by atoms with van der Waals surface area (Å²) in [6, 6.07) is 10.3. The van der Waals surface area contributed by atoms with Crippen LogP contribution in [0.25, 0.3) is 12.2 Å². The SMILES string of the molecule is O=C(O)C(CCCCN1C(=O)/C(=C\c2cccc([N+](=O)[O-])c2)SC1=S)N1C(=O)/C(=C\c2cccc([N+](=O)[O-])c2)SC1=S. The van der Waals surface area contributed by atoms with Gasteiger partial charge in [-0.25, -0.2) is 4.79 Å². The first-order valence-corrected chi connectivity index (χ1v) is 14.7. The van der Waals surface area contributed by atoms with Gasteiger partial charge >= 0.3 is 5.97 Å². The minimum Gasteiger partial charge on any atom is -0.480 e. The second kappa shape index (κ2) is 13.3. The molecule has 12 nitrogen and oxygen atoms in total. The molecule has 2 aliphatic rings. The molecule has 216 valence electrons. The smallest absolute Gasteiger partial charge is 0.326 e. The minimum absolute atomic E-state index is 0.0597. The third-order valence-corrected chi connectivity index (χ3v) is 8.87. The number of rotatable bonds is 11. The number of amides is 2. The lowest BCUT2D eigenvalue weighted by atomic mass is 10.1. The number of carboxylic acids is 1. The first-order chi connectivity index (χ1) is 20.0. The number of thioether (sulfide) groups is 2. The van der Waals surface area contributed by atoms with Crippen LogP contribution in [0.15, 0.2) is 58.3 Å². The Morgan fingerprint density at radius 2 is 1.40 bits per heavy atom. The number of aliphatic carboxylic acids is 1. The number of unbranched alkanes of at least 4 members (excludes halogenated alkanes) is 1. The fourth-order valence-corrected chi connectivity index (χ4v) is 6.84. The van der Waals surface area contributed by atoms with Crippen molar-refractivity contribution in [2.45, 2.75) is 25.3 Å². The summed E-state index contributed by atoms with van der Waals surface area (Å²) in [5.74, 6) is -2.20. The molecule has 0 aliphatic carbocycles. The lowest BCUT2D eigenvalue weighted by Crippen LogP contribution is -2.44. The maximum Gasteiger partial charge on any atom is 0.326 e. The van der Waals surface area contributed by atoms with Gasteiger partial charge in [-0.15, -0.1) is 0 Å². The molecule has 1 unspecified atom stereocenters. The number of carboxylic acid groups (broad SMARTS) is 1. The molecule has 0 bridgehead atoms. The summed E-state index contributed by atoms with van der Waals surface area (Å²) in [6.07, 6.45) is 3.74. The highest BCUT2D eigenvalue weighted by Gasteiger charge is 2.40. The van der Waals surface area contributed by atoms with E-state index >= 15 is 0 Å². The number of thiocarbonyl (C=S) groups is 2. The number of hydrogen-bond donors (Lipinski definition) is 1. The van der Waals surface area contributed by atoms with Crippen molar-refractivity contribution in [1.29, 1.82) is 0 Å². The van der Waals surface area contributed by atoms with Crippen LogP contribution in [0.4, 0.5) is 11.4 Å². The standard InChI is InChI=1S/C26H20N4O8S4/c31-22-20(13-15-5-3-7-17(11-15)29(35)36)41-25(39)27(22)10-2-1-9-19(24(33)34)28-23(32)21(42-26(28)40)14-16-6-4-8-18(12-16)30(37)38/h3-8,11-14,19H,1-2,9-10H2,(H,33,34)/b20-13+,21-14+. The number of hydrogen-bond acceptors (Lipinski definition) is 11. The van der Waals surface area contributed by atoms with Crippen molar-refractivity contribution in [2.75, 3.05) is 6.54 Å². The lowest BCUT2D eigenvalue weighted by Gasteiger charge is -2.23. The van der Waals surface area contributed by atoms with Gasteiger partial charge in [0, 0.05) is 30.8 Å². The first kappa shape index (κ1) is 31.0. The van der Waals surface area contributed by atoms with Crippen LogP contribution in [0.5, 0.6) is 0 Å². The highest BCUT2D eigenvalue weighted by Crippen LogP contribution is 2.36. The van der Waals surface area contributed by atoms with E-state index in [1.807, 2.05) is 0 Å². The first-order valence-electron chi connectivity index (χ1n) is 12.2. The minimum atomic E-state index is -1.24. The lowest BCUT2D eigenvalue weighted by molar-refractivity contribution is -0.385. The van der Waals surface area contributed by atoms with Crippen LogP contribution in [0, 0.1) is 20.2 Å². The van der Waals surface area contributed by atoms with Gasteiger partial charge in [0.05, 0.1) is 19.7 Å². The van der Waals surface area contributed by atoms with Gasteiger partial charge in [0.15, 0.2) is 0 Å². The van der Waals surface area contributed by atoms with Crippen LogP contribution in [-0.2, 0) is 14.4 Å². The van der Waals surface area contributed by atoms with E-state index in [4.69, 9.17) is 24.4 Å². The average Bonchev–Trinajstić information content (AvgIpc) is 3.36. The zero-order chi connectivity index (χ0) is 30.6. The van der Waals surface area contributed by atoms with Crippen LogP contribution in [-0.4, -0.2) is 63.8 Å². The van der Waals surface area contributed by atoms with Crippen LogP contribution in [0.2, 0.25) is 0 Å². The number of nitro benzene ring substituents is 2. The third-order valence-electron chi connectivity index (χ3n) is 6.16. The maximum absolute atomic E-state index is 13.1. The van der Waals surface area contributed by atoms with Gasteiger partial charge in [-0.1, -0.05) is 72.2 Å². The summed E-state index contributed by atoms with van der Waals surface area (Å²) in [7, 11) is 0. The van der Waals surface area contributed by atoms with Gasteiger partial charge in [-0.3, -0.25) is 39.6 Å². The number of non-ortho nitro benzene ring substituents is 2. The number of nitrogens with zero attached hydrogens (tertiary/aromatic N) is 4.